The maximum Gasteiger partial charge on any atom is 0.303 e. The van der Waals surface area contributed by atoms with E-state index in [9.17, 15) is 14.7 Å². The fourth-order valence-corrected chi connectivity index (χ4v) is 2.88. The van der Waals surface area contributed by atoms with Gasteiger partial charge < -0.3 is 10.2 Å². The summed E-state index contributed by atoms with van der Waals surface area (Å²) < 4.78 is 0. The lowest BCUT2D eigenvalue weighted by Crippen LogP contribution is -2.13. The van der Waals surface area contributed by atoms with E-state index in [1.807, 2.05) is 24.3 Å². The number of hydrogen-bond donors (Lipinski definition) is 2. The summed E-state index contributed by atoms with van der Waals surface area (Å²) >= 11 is 0. The summed E-state index contributed by atoms with van der Waals surface area (Å²) in [6.07, 6.45) is 16.1. The molecule has 0 aliphatic heterocycles. The van der Waals surface area contributed by atoms with Crippen LogP contribution in [-0.4, -0.2) is 28.1 Å². The number of rotatable bonds is 11. The second kappa shape index (κ2) is 11.8. The molecule has 0 aromatic rings. The van der Waals surface area contributed by atoms with Crippen LogP contribution >= 0.6 is 0 Å². The Labute approximate surface area is 145 Å². The number of unbranched alkanes of at least 4 members (excludes halogenated alkanes) is 4. The van der Waals surface area contributed by atoms with Gasteiger partial charge in [-0.05, 0) is 32.1 Å². The van der Waals surface area contributed by atoms with Gasteiger partial charge in [0.15, 0.2) is 5.78 Å². The van der Waals surface area contributed by atoms with Crippen LogP contribution < -0.4 is 0 Å². The van der Waals surface area contributed by atoms with E-state index in [1.54, 1.807) is 0 Å². The number of allylic oxidation sites excluding steroid dienone is 5. The Morgan fingerprint density at radius 2 is 1.92 bits per heavy atom. The molecule has 0 aromatic carbocycles. The second-order valence-electron chi connectivity index (χ2n) is 6.34. The molecule has 24 heavy (non-hydrogen) atoms. The van der Waals surface area contributed by atoms with Crippen LogP contribution in [0.15, 0.2) is 36.0 Å². The van der Waals surface area contributed by atoms with Crippen LogP contribution in [0.4, 0.5) is 0 Å². The van der Waals surface area contributed by atoms with Gasteiger partial charge in [-0.25, -0.2) is 0 Å². The molecule has 4 heteroatoms. The van der Waals surface area contributed by atoms with Crippen molar-refractivity contribution >= 4 is 11.8 Å². The topological polar surface area (TPSA) is 74.6 Å². The molecule has 4 nitrogen and oxygen atoms in total. The van der Waals surface area contributed by atoms with E-state index in [4.69, 9.17) is 5.11 Å². The van der Waals surface area contributed by atoms with E-state index >= 15 is 0 Å². The molecule has 134 valence electrons. The molecule has 1 aliphatic carbocycles. The number of hydrogen-bond acceptors (Lipinski definition) is 3. The van der Waals surface area contributed by atoms with Gasteiger partial charge >= 0.3 is 5.97 Å². The second-order valence-corrected chi connectivity index (χ2v) is 6.34. The van der Waals surface area contributed by atoms with Gasteiger partial charge in [-0.2, -0.15) is 0 Å². The highest BCUT2D eigenvalue weighted by atomic mass is 16.4. The number of aliphatic hydroxyl groups is 1. The highest BCUT2D eigenvalue weighted by Crippen LogP contribution is 2.31. The summed E-state index contributed by atoms with van der Waals surface area (Å²) in [5.74, 6) is -0.894. The Bertz CT molecular complexity index is 488. The predicted molar refractivity (Wildman–Crippen MR) is 95.7 cm³/mol. The van der Waals surface area contributed by atoms with Crippen molar-refractivity contribution in [1.29, 1.82) is 0 Å². The molecule has 0 heterocycles. The van der Waals surface area contributed by atoms with E-state index in [1.165, 1.54) is 12.8 Å². The normalized spacial score (nSPS) is 23.1. The molecule has 0 saturated heterocycles. The van der Waals surface area contributed by atoms with Crippen LogP contribution in [0, 0.1) is 5.92 Å². The monoisotopic (exact) mass is 334 g/mol. The van der Waals surface area contributed by atoms with Crippen LogP contribution in [-0.2, 0) is 9.59 Å². The number of aliphatic hydroxyl groups excluding tert-OH is 1. The molecule has 1 aliphatic rings. The van der Waals surface area contributed by atoms with E-state index in [2.05, 4.69) is 13.0 Å². The Balaban J connectivity index is 2.48. The van der Waals surface area contributed by atoms with Crippen molar-refractivity contribution in [2.75, 3.05) is 0 Å². The average Bonchev–Trinajstić information content (AvgIpc) is 2.80. The van der Waals surface area contributed by atoms with Gasteiger partial charge in [0.25, 0.3) is 0 Å². The first-order valence-corrected chi connectivity index (χ1v) is 9.01. The Kier molecular flexibility index (Phi) is 10.0. The molecule has 1 fully saturated rings. The SMILES string of the molecule is CCCCC/C=C/C=C1/C(=O)C[C@H](O)[C@H]1C/C=C\CCCC(=O)O. The van der Waals surface area contributed by atoms with Crippen LogP contribution in [0.2, 0.25) is 0 Å². The third-order valence-corrected chi connectivity index (χ3v) is 4.28. The van der Waals surface area contributed by atoms with Crippen molar-refractivity contribution in [1.82, 2.24) is 0 Å². The molecule has 0 amide bonds. The van der Waals surface area contributed by atoms with Crippen molar-refractivity contribution in [2.45, 2.75) is 70.8 Å². The molecule has 0 spiro atoms. The standard InChI is InChI=1S/C20H30O4/c1-2-3-4-5-6-9-12-16-17(19(22)15-18(16)21)13-10-7-8-11-14-20(23)24/h6-7,9-10,12,17,19,22H,2-5,8,11,13-15H2,1H3,(H,23,24)/b9-6+,10-7-,16-12+/t17-,19-/m0/s1. The maximum absolute atomic E-state index is 12.0. The molecule has 0 unspecified atom stereocenters. The van der Waals surface area contributed by atoms with Crippen LogP contribution in [0.3, 0.4) is 0 Å². The third-order valence-electron chi connectivity index (χ3n) is 4.28. The van der Waals surface area contributed by atoms with Crippen LogP contribution in [0.5, 0.6) is 0 Å². The zero-order valence-corrected chi connectivity index (χ0v) is 14.6. The van der Waals surface area contributed by atoms with E-state index < -0.39 is 12.1 Å². The van der Waals surface area contributed by atoms with E-state index in [0.29, 0.717) is 24.8 Å². The largest absolute Gasteiger partial charge is 0.481 e. The fourth-order valence-electron chi connectivity index (χ4n) is 2.88. The first kappa shape index (κ1) is 20.4. The summed E-state index contributed by atoms with van der Waals surface area (Å²) in [4.78, 5) is 22.5. The molecule has 0 bridgehead atoms. The number of Topliss-reactive ketones (excluding diaryl/α,β-unsaturated/α-hetero) is 1. The minimum Gasteiger partial charge on any atom is -0.481 e. The lowest BCUT2D eigenvalue weighted by atomic mass is 9.96. The van der Waals surface area contributed by atoms with Gasteiger partial charge in [0.2, 0.25) is 0 Å². The van der Waals surface area contributed by atoms with Crippen LogP contribution in [0.25, 0.3) is 0 Å². The van der Waals surface area contributed by atoms with Gasteiger partial charge in [0, 0.05) is 24.3 Å². The Morgan fingerprint density at radius 3 is 2.62 bits per heavy atom. The lowest BCUT2D eigenvalue weighted by Gasteiger charge is -2.12. The number of carboxylic acids is 1. The number of carbonyl (C=O) groups is 2. The van der Waals surface area contributed by atoms with Crippen molar-refractivity contribution in [3.63, 3.8) is 0 Å². The Morgan fingerprint density at radius 1 is 1.17 bits per heavy atom. The van der Waals surface area contributed by atoms with Gasteiger partial charge in [-0.1, -0.05) is 50.1 Å². The molecule has 1 saturated carbocycles. The maximum atomic E-state index is 12.0. The lowest BCUT2D eigenvalue weighted by molar-refractivity contribution is -0.137. The van der Waals surface area contributed by atoms with Gasteiger partial charge in [-0.3, -0.25) is 9.59 Å². The minimum absolute atomic E-state index is 0.0324. The number of aliphatic carboxylic acids is 1. The number of carbonyl (C=O) groups excluding carboxylic acids is 1. The molecule has 0 aromatic heterocycles. The van der Waals surface area contributed by atoms with Gasteiger partial charge in [0.1, 0.15) is 0 Å². The molecule has 2 atom stereocenters. The molecule has 1 rings (SSSR count). The van der Waals surface area contributed by atoms with Crippen molar-refractivity contribution < 1.29 is 19.8 Å². The molecule has 0 radical (unpaired) electrons. The summed E-state index contributed by atoms with van der Waals surface area (Å²) in [6, 6.07) is 0. The fraction of sp³-hybridized carbons (Fsp3) is 0.600. The van der Waals surface area contributed by atoms with Crippen molar-refractivity contribution in [3.8, 4) is 0 Å². The molecular weight excluding hydrogens is 304 g/mol. The minimum atomic E-state index is -0.781. The zero-order chi connectivity index (χ0) is 17.8. The summed E-state index contributed by atoms with van der Waals surface area (Å²) in [5, 5.41) is 18.7. The van der Waals surface area contributed by atoms with Crippen LogP contribution in [0.1, 0.15) is 64.7 Å². The number of carboxylic acid groups (broad SMARTS) is 1. The van der Waals surface area contributed by atoms with Gasteiger partial charge in [-0.15, -0.1) is 0 Å². The average molecular weight is 334 g/mol. The third kappa shape index (κ3) is 7.73. The predicted octanol–water partition coefficient (Wildman–Crippen LogP) is 4.20. The molecule has 2 N–H and O–H groups in total. The number of ketones is 1. The quantitative estimate of drug-likeness (QED) is 0.337. The summed E-state index contributed by atoms with van der Waals surface area (Å²) in [6.45, 7) is 2.17. The van der Waals surface area contributed by atoms with Gasteiger partial charge in [0.05, 0.1) is 6.10 Å². The van der Waals surface area contributed by atoms with E-state index in [-0.39, 0.29) is 24.5 Å². The highest BCUT2D eigenvalue weighted by Gasteiger charge is 2.35. The first-order valence-electron chi connectivity index (χ1n) is 9.01. The first-order chi connectivity index (χ1) is 11.6. The highest BCUT2D eigenvalue weighted by molar-refractivity contribution is 5.99. The van der Waals surface area contributed by atoms with Crippen molar-refractivity contribution in [2.24, 2.45) is 5.92 Å². The summed E-state index contributed by atoms with van der Waals surface area (Å²) in [7, 11) is 0. The smallest absolute Gasteiger partial charge is 0.303 e. The van der Waals surface area contributed by atoms with Crippen molar-refractivity contribution in [3.05, 3.63) is 36.0 Å². The van der Waals surface area contributed by atoms with E-state index in [0.717, 1.165) is 12.8 Å². The molecular formula is C20H30O4. The zero-order valence-electron chi connectivity index (χ0n) is 14.6. The Hall–Kier alpha value is -1.68. The summed E-state index contributed by atoms with van der Waals surface area (Å²) in [5.41, 5.74) is 0.712.